The van der Waals surface area contributed by atoms with Crippen molar-refractivity contribution in [1.29, 1.82) is 5.26 Å². The molecule has 5 heteroatoms. The summed E-state index contributed by atoms with van der Waals surface area (Å²) in [6, 6.07) is 8.29. The van der Waals surface area contributed by atoms with Crippen LogP contribution in [-0.2, 0) is 7.05 Å². The largest absolute Gasteiger partial charge is 0.275 e. The van der Waals surface area contributed by atoms with Crippen molar-refractivity contribution in [3.63, 3.8) is 0 Å². The summed E-state index contributed by atoms with van der Waals surface area (Å²) in [7, 11) is 1.89. The van der Waals surface area contributed by atoms with Crippen LogP contribution in [0.15, 0.2) is 45.3 Å². The van der Waals surface area contributed by atoms with E-state index in [1.165, 1.54) is 0 Å². The number of hydrogen-bond donors (Lipinski definition) is 0. The van der Waals surface area contributed by atoms with Crippen LogP contribution in [-0.4, -0.2) is 15.5 Å². The molecule has 3 nitrogen and oxygen atoms in total. The first-order chi connectivity index (χ1) is 8.74. The number of benzene rings is 1. The van der Waals surface area contributed by atoms with Gasteiger partial charge in [-0.1, -0.05) is 24.8 Å². The second kappa shape index (κ2) is 5.98. The second-order valence-electron chi connectivity index (χ2n) is 3.63. The van der Waals surface area contributed by atoms with Gasteiger partial charge in [0.25, 0.3) is 0 Å². The lowest BCUT2D eigenvalue weighted by Gasteiger charge is -2.06. The summed E-state index contributed by atoms with van der Waals surface area (Å²) in [5, 5.41) is 13.4. The summed E-state index contributed by atoms with van der Waals surface area (Å²) in [6.07, 6.45) is 3.76. The van der Waals surface area contributed by atoms with E-state index in [1.54, 1.807) is 28.2 Å². The third-order valence-electron chi connectivity index (χ3n) is 2.31. The zero-order valence-corrected chi connectivity index (χ0v) is 11.9. The SMILES string of the molecule is CCSc1cccc(Sc2cnn(C)c2)c1C#N. The van der Waals surface area contributed by atoms with Gasteiger partial charge in [0.1, 0.15) is 6.07 Å². The van der Waals surface area contributed by atoms with Crippen molar-refractivity contribution in [3.8, 4) is 6.07 Å². The molecule has 1 heterocycles. The Kier molecular flexibility index (Phi) is 4.34. The molecule has 0 amide bonds. The summed E-state index contributed by atoms with van der Waals surface area (Å²) in [4.78, 5) is 3.09. The van der Waals surface area contributed by atoms with Gasteiger partial charge in [-0.05, 0) is 17.9 Å². The van der Waals surface area contributed by atoms with Crippen LogP contribution in [0.3, 0.4) is 0 Å². The number of aromatic nitrogens is 2. The van der Waals surface area contributed by atoms with Crippen LogP contribution in [0.1, 0.15) is 12.5 Å². The molecule has 0 saturated heterocycles. The van der Waals surface area contributed by atoms with Gasteiger partial charge in [0, 0.05) is 23.0 Å². The molecule has 1 aromatic carbocycles. The van der Waals surface area contributed by atoms with E-state index in [-0.39, 0.29) is 0 Å². The van der Waals surface area contributed by atoms with Crippen LogP contribution in [0.4, 0.5) is 0 Å². The Morgan fingerprint density at radius 3 is 2.78 bits per heavy atom. The maximum atomic E-state index is 9.31. The van der Waals surface area contributed by atoms with Crippen LogP contribution in [0, 0.1) is 11.3 Å². The Hall–Kier alpha value is -1.38. The smallest absolute Gasteiger partial charge is 0.101 e. The maximum Gasteiger partial charge on any atom is 0.101 e. The van der Waals surface area contributed by atoms with E-state index in [4.69, 9.17) is 0 Å². The highest BCUT2D eigenvalue weighted by atomic mass is 32.2. The van der Waals surface area contributed by atoms with E-state index in [2.05, 4.69) is 18.1 Å². The lowest BCUT2D eigenvalue weighted by molar-refractivity contribution is 0.766. The van der Waals surface area contributed by atoms with Crippen molar-refractivity contribution in [1.82, 2.24) is 9.78 Å². The van der Waals surface area contributed by atoms with Crippen LogP contribution < -0.4 is 0 Å². The number of aryl methyl sites for hydroxylation is 1. The monoisotopic (exact) mass is 275 g/mol. The van der Waals surface area contributed by atoms with Gasteiger partial charge in [0.2, 0.25) is 0 Å². The Balaban J connectivity index is 2.33. The first-order valence-electron chi connectivity index (χ1n) is 5.57. The fourth-order valence-corrected chi connectivity index (χ4v) is 3.37. The fourth-order valence-electron chi connectivity index (χ4n) is 1.56. The molecule has 0 fully saturated rings. The number of hydrogen-bond acceptors (Lipinski definition) is 4. The van der Waals surface area contributed by atoms with Crippen LogP contribution in [0.5, 0.6) is 0 Å². The first kappa shape index (κ1) is 13.1. The molecule has 18 heavy (non-hydrogen) atoms. The summed E-state index contributed by atoms with van der Waals surface area (Å²) < 4.78 is 1.76. The minimum Gasteiger partial charge on any atom is -0.275 e. The Bertz CT molecular complexity index is 584. The Morgan fingerprint density at radius 2 is 2.17 bits per heavy atom. The van der Waals surface area contributed by atoms with Gasteiger partial charge < -0.3 is 0 Å². The van der Waals surface area contributed by atoms with Crippen molar-refractivity contribution < 1.29 is 0 Å². The van der Waals surface area contributed by atoms with Gasteiger partial charge in [0.05, 0.1) is 16.7 Å². The predicted molar refractivity (Wildman–Crippen MR) is 74.9 cm³/mol. The molecule has 0 aliphatic rings. The molecular formula is C13H13N3S2. The topological polar surface area (TPSA) is 41.6 Å². The normalized spacial score (nSPS) is 10.3. The molecule has 0 atom stereocenters. The molecule has 1 aromatic heterocycles. The molecule has 0 unspecified atom stereocenters. The third-order valence-corrected chi connectivity index (χ3v) is 4.26. The van der Waals surface area contributed by atoms with Gasteiger partial charge >= 0.3 is 0 Å². The summed E-state index contributed by atoms with van der Waals surface area (Å²) in [5.41, 5.74) is 0.762. The van der Waals surface area contributed by atoms with Crippen molar-refractivity contribution in [2.75, 3.05) is 5.75 Å². The zero-order valence-electron chi connectivity index (χ0n) is 10.3. The van der Waals surface area contributed by atoms with Gasteiger partial charge in [-0.3, -0.25) is 4.68 Å². The van der Waals surface area contributed by atoms with E-state index in [0.717, 1.165) is 26.0 Å². The summed E-state index contributed by atoms with van der Waals surface area (Å²) in [6.45, 7) is 2.09. The molecule has 0 radical (unpaired) electrons. The molecule has 0 aliphatic heterocycles. The lowest BCUT2D eigenvalue weighted by Crippen LogP contribution is -1.86. The molecule has 0 aliphatic carbocycles. The van der Waals surface area contributed by atoms with E-state index >= 15 is 0 Å². The molecule has 2 rings (SSSR count). The highest BCUT2D eigenvalue weighted by Gasteiger charge is 2.10. The van der Waals surface area contributed by atoms with E-state index in [1.807, 2.05) is 37.6 Å². The van der Waals surface area contributed by atoms with E-state index in [9.17, 15) is 5.26 Å². The third kappa shape index (κ3) is 2.89. The molecule has 0 saturated carbocycles. The van der Waals surface area contributed by atoms with Crippen LogP contribution in [0.25, 0.3) is 0 Å². The number of thioether (sulfide) groups is 1. The van der Waals surface area contributed by atoms with Crippen LogP contribution >= 0.6 is 23.5 Å². The maximum absolute atomic E-state index is 9.31. The Morgan fingerprint density at radius 1 is 1.39 bits per heavy atom. The quantitative estimate of drug-likeness (QED) is 0.800. The fraction of sp³-hybridized carbons (Fsp3) is 0.231. The Labute approximate surface area is 115 Å². The van der Waals surface area contributed by atoms with Crippen molar-refractivity contribution in [2.24, 2.45) is 7.05 Å². The van der Waals surface area contributed by atoms with Gasteiger partial charge in [0.15, 0.2) is 0 Å². The lowest BCUT2D eigenvalue weighted by atomic mass is 10.2. The summed E-state index contributed by atoms with van der Waals surface area (Å²) in [5.74, 6) is 0.968. The van der Waals surface area contributed by atoms with Gasteiger partial charge in [-0.25, -0.2) is 0 Å². The molecule has 2 aromatic rings. The number of rotatable bonds is 4. The van der Waals surface area contributed by atoms with E-state index in [0.29, 0.717) is 0 Å². The second-order valence-corrected chi connectivity index (χ2v) is 6.05. The standard InChI is InChI=1S/C13H13N3S2/c1-3-17-12-5-4-6-13(11(12)7-14)18-10-8-15-16(2)9-10/h4-6,8-9H,3H2,1-2H3. The average molecular weight is 275 g/mol. The summed E-state index contributed by atoms with van der Waals surface area (Å²) >= 11 is 3.28. The van der Waals surface area contributed by atoms with Gasteiger partial charge in [-0.15, -0.1) is 11.8 Å². The first-order valence-corrected chi connectivity index (χ1v) is 7.37. The van der Waals surface area contributed by atoms with Crippen molar-refractivity contribution in [2.45, 2.75) is 21.6 Å². The molecule has 0 spiro atoms. The van der Waals surface area contributed by atoms with Crippen molar-refractivity contribution >= 4 is 23.5 Å². The highest BCUT2D eigenvalue weighted by molar-refractivity contribution is 8.00. The average Bonchev–Trinajstić information content (AvgIpc) is 2.76. The van der Waals surface area contributed by atoms with E-state index < -0.39 is 0 Å². The predicted octanol–water partition coefficient (Wildman–Crippen LogP) is 3.55. The van der Waals surface area contributed by atoms with Crippen LogP contribution in [0.2, 0.25) is 0 Å². The minimum atomic E-state index is 0.762. The highest BCUT2D eigenvalue weighted by Crippen LogP contribution is 2.34. The minimum absolute atomic E-state index is 0.762. The number of nitriles is 1. The molecular weight excluding hydrogens is 262 g/mol. The zero-order chi connectivity index (χ0) is 13.0. The van der Waals surface area contributed by atoms with Gasteiger partial charge in [-0.2, -0.15) is 10.4 Å². The molecule has 0 N–H and O–H groups in total. The van der Waals surface area contributed by atoms with Crippen molar-refractivity contribution in [3.05, 3.63) is 36.2 Å². The number of nitrogens with zero attached hydrogens (tertiary/aromatic N) is 3. The molecule has 0 bridgehead atoms. The molecule has 92 valence electrons.